The molecule has 0 saturated carbocycles. The van der Waals surface area contributed by atoms with Gasteiger partial charge in [-0.05, 0) is 35.9 Å². The molecule has 0 aliphatic carbocycles. The van der Waals surface area contributed by atoms with Crippen LogP contribution in [0, 0.1) is 0 Å². The van der Waals surface area contributed by atoms with E-state index in [0.717, 1.165) is 16.0 Å². The number of hydrogen-bond acceptors (Lipinski definition) is 2. The van der Waals surface area contributed by atoms with Crippen LogP contribution in [-0.2, 0) is 12.0 Å². The Kier molecular flexibility index (Phi) is 2.94. The Bertz CT molecular complexity index is 451. The van der Waals surface area contributed by atoms with Crippen LogP contribution in [0.25, 0.3) is 11.1 Å². The van der Waals surface area contributed by atoms with Crippen LogP contribution in [0.2, 0.25) is 0 Å². The Labute approximate surface area is 92.4 Å². The van der Waals surface area contributed by atoms with Crippen molar-refractivity contribution in [3.05, 3.63) is 48.5 Å². The molecular weight excluding hydrogens is 208 g/mol. The number of phenols is 1. The number of phenolic OH excluding ortho intramolecular Hbond substituents is 1. The van der Waals surface area contributed by atoms with E-state index in [9.17, 15) is 5.11 Å². The molecule has 2 N–H and O–H groups in total. The highest BCUT2D eigenvalue weighted by atomic mass is 32.2. The van der Waals surface area contributed by atoms with E-state index in [4.69, 9.17) is 4.55 Å². The SMILES string of the molecule is O[SH+]c1ccc(-c2ccccc2O)cc1. The number of para-hydroxylation sites is 1. The zero-order valence-electron chi connectivity index (χ0n) is 7.96. The van der Waals surface area contributed by atoms with Crippen LogP contribution in [-0.4, -0.2) is 9.66 Å². The fourth-order valence-electron chi connectivity index (χ4n) is 1.43. The molecule has 0 radical (unpaired) electrons. The van der Waals surface area contributed by atoms with Gasteiger partial charge in [0.15, 0.2) is 16.9 Å². The van der Waals surface area contributed by atoms with E-state index in [1.54, 1.807) is 12.1 Å². The lowest BCUT2D eigenvalue weighted by atomic mass is 10.1. The first-order valence-electron chi connectivity index (χ1n) is 4.55. The van der Waals surface area contributed by atoms with Gasteiger partial charge in [-0.15, -0.1) is 0 Å². The maximum atomic E-state index is 9.64. The molecule has 2 aromatic rings. The largest absolute Gasteiger partial charge is 0.507 e. The topological polar surface area (TPSA) is 40.5 Å². The van der Waals surface area contributed by atoms with E-state index in [1.807, 2.05) is 36.4 Å². The first-order valence-corrected chi connectivity index (χ1v) is 5.39. The Morgan fingerprint density at radius 2 is 1.53 bits per heavy atom. The lowest BCUT2D eigenvalue weighted by Gasteiger charge is -2.03. The van der Waals surface area contributed by atoms with Gasteiger partial charge in [-0.3, -0.25) is 0 Å². The zero-order valence-corrected chi connectivity index (χ0v) is 8.85. The summed E-state index contributed by atoms with van der Waals surface area (Å²) in [5.41, 5.74) is 1.75. The molecule has 0 atom stereocenters. The molecule has 0 aliphatic rings. The minimum absolute atomic E-state index is 0.267. The van der Waals surface area contributed by atoms with Crippen molar-refractivity contribution in [3.8, 4) is 16.9 Å². The predicted molar refractivity (Wildman–Crippen MR) is 63.2 cm³/mol. The van der Waals surface area contributed by atoms with Crippen LogP contribution in [0.5, 0.6) is 5.75 Å². The highest BCUT2D eigenvalue weighted by Crippen LogP contribution is 2.28. The third kappa shape index (κ3) is 2.14. The van der Waals surface area contributed by atoms with Crippen molar-refractivity contribution in [1.29, 1.82) is 0 Å². The third-order valence-electron chi connectivity index (χ3n) is 2.20. The van der Waals surface area contributed by atoms with Gasteiger partial charge >= 0.3 is 0 Å². The van der Waals surface area contributed by atoms with Crippen molar-refractivity contribution in [2.75, 3.05) is 0 Å². The monoisotopic (exact) mass is 219 g/mol. The van der Waals surface area contributed by atoms with Gasteiger partial charge in [0.2, 0.25) is 0 Å². The summed E-state index contributed by atoms with van der Waals surface area (Å²) in [7, 11) is 0. The molecular formula is C12H11O2S+. The van der Waals surface area contributed by atoms with Gasteiger partial charge in [0.1, 0.15) is 5.75 Å². The molecule has 76 valence electrons. The molecule has 0 aromatic heterocycles. The zero-order chi connectivity index (χ0) is 10.7. The van der Waals surface area contributed by atoms with Gasteiger partial charge in [0.25, 0.3) is 0 Å². The Balaban J connectivity index is 2.42. The van der Waals surface area contributed by atoms with Crippen LogP contribution in [0.15, 0.2) is 53.4 Å². The Hall–Kier alpha value is -1.45. The van der Waals surface area contributed by atoms with E-state index in [0.29, 0.717) is 0 Å². The lowest BCUT2D eigenvalue weighted by Crippen LogP contribution is -1.82. The Morgan fingerprint density at radius 3 is 2.13 bits per heavy atom. The average Bonchev–Trinajstić information content (AvgIpc) is 2.30. The second kappa shape index (κ2) is 4.38. The second-order valence-corrected chi connectivity index (χ2v) is 3.88. The summed E-state index contributed by atoms with van der Waals surface area (Å²) in [4.78, 5) is 0.842. The van der Waals surface area contributed by atoms with Gasteiger partial charge in [-0.1, -0.05) is 18.2 Å². The summed E-state index contributed by atoms with van der Waals surface area (Å²) in [6.07, 6.45) is 0. The van der Waals surface area contributed by atoms with E-state index < -0.39 is 0 Å². The quantitative estimate of drug-likeness (QED) is 0.602. The number of rotatable bonds is 2. The molecule has 0 spiro atoms. The van der Waals surface area contributed by atoms with Gasteiger partial charge < -0.3 is 5.11 Å². The average molecular weight is 219 g/mol. The van der Waals surface area contributed by atoms with Gasteiger partial charge in [-0.2, -0.15) is 4.55 Å². The second-order valence-electron chi connectivity index (χ2n) is 3.16. The molecule has 15 heavy (non-hydrogen) atoms. The molecule has 0 amide bonds. The summed E-state index contributed by atoms with van der Waals surface area (Å²) in [6, 6.07) is 14.6. The van der Waals surface area contributed by atoms with E-state index in [2.05, 4.69) is 0 Å². The highest BCUT2D eigenvalue weighted by Gasteiger charge is 2.04. The number of benzene rings is 2. The van der Waals surface area contributed by atoms with Gasteiger partial charge in [-0.25, -0.2) is 0 Å². The van der Waals surface area contributed by atoms with E-state index >= 15 is 0 Å². The lowest BCUT2D eigenvalue weighted by molar-refractivity contribution is 0.477. The third-order valence-corrected chi connectivity index (χ3v) is 2.73. The van der Waals surface area contributed by atoms with Crippen molar-refractivity contribution in [2.45, 2.75) is 4.90 Å². The number of aromatic hydroxyl groups is 1. The van der Waals surface area contributed by atoms with Crippen LogP contribution < -0.4 is 0 Å². The fourth-order valence-corrected chi connectivity index (χ4v) is 1.71. The smallest absolute Gasteiger partial charge is 0.187 e. The normalized spacial score (nSPS) is 10.2. The summed E-state index contributed by atoms with van der Waals surface area (Å²) >= 11 is 0.267. The molecule has 3 heteroatoms. The molecule has 2 nitrogen and oxygen atoms in total. The molecule has 0 bridgehead atoms. The number of hydrogen-bond donors (Lipinski definition) is 2. The molecule has 0 fully saturated rings. The van der Waals surface area contributed by atoms with Crippen molar-refractivity contribution in [3.63, 3.8) is 0 Å². The van der Waals surface area contributed by atoms with Crippen molar-refractivity contribution in [2.24, 2.45) is 0 Å². The highest BCUT2D eigenvalue weighted by molar-refractivity contribution is 7.72. The van der Waals surface area contributed by atoms with E-state index in [1.165, 1.54) is 0 Å². The van der Waals surface area contributed by atoms with Crippen LogP contribution >= 0.6 is 0 Å². The molecule has 0 unspecified atom stereocenters. The first-order chi connectivity index (χ1) is 7.31. The minimum atomic E-state index is 0.267. The molecule has 0 aliphatic heterocycles. The molecule has 2 aromatic carbocycles. The summed E-state index contributed by atoms with van der Waals surface area (Å²) < 4.78 is 8.88. The fraction of sp³-hybridized carbons (Fsp3) is 0. The predicted octanol–water partition coefficient (Wildman–Crippen LogP) is 2.71. The summed E-state index contributed by atoms with van der Waals surface area (Å²) in [5.74, 6) is 0.270. The summed E-state index contributed by atoms with van der Waals surface area (Å²) in [5, 5.41) is 9.64. The van der Waals surface area contributed by atoms with Crippen LogP contribution in [0.1, 0.15) is 0 Å². The van der Waals surface area contributed by atoms with Crippen molar-refractivity contribution in [1.82, 2.24) is 0 Å². The minimum Gasteiger partial charge on any atom is -0.507 e. The first kappa shape index (κ1) is 10.1. The number of thiol groups is 1. The van der Waals surface area contributed by atoms with Gasteiger partial charge in [0, 0.05) is 5.56 Å². The summed E-state index contributed by atoms with van der Waals surface area (Å²) in [6.45, 7) is 0. The molecule has 2 rings (SSSR count). The van der Waals surface area contributed by atoms with Crippen LogP contribution in [0.3, 0.4) is 0 Å². The Morgan fingerprint density at radius 1 is 0.867 bits per heavy atom. The van der Waals surface area contributed by atoms with Crippen LogP contribution in [0.4, 0.5) is 0 Å². The van der Waals surface area contributed by atoms with E-state index in [-0.39, 0.29) is 17.8 Å². The maximum Gasteiger partial charge on any atom is 0.187 e. The molecule has 0 heterocycles. The van der Waals surface area contributed by atoms with Crippen molar-refractivity contribution >= 4 is 12.0 Å². The standard InChI is InChI=1S/C12H10O2S/c13-12-4-2-1-3-11(12)9-5-7-10(15-14)8-6-9/h1-8,13-14H/p+1. The van der Waals surface area contributed by atoms with Gasteiger partial charge in [0.05, 0.1) is 0 Å². The molecule has 0 saturated heterocycles. The maximum absolute atomic E-state index is 9.64. The van der Waals surface area contributed by atoms with Crippen molar-refractivity contribution < 1.29 is 9.66 Å².